The van der Waals surface area contributed by atoms with Crippen LogP contribution in [0.3, 0.4) is 0 Å². The monoisotopic (exact) mass is 323 g/mol. The molecule has 4 N–H and O–H groups in total. The van der Waals surface area contributed by atoms with Crippen molar-refractivity contribution in [2.24, 2.45) is 0 Å². The first-order valence-corrected chi connectivity index (χ1v) is 7.81. The van der Waals surface area contributed by atoms with Gasteiger partial charge in [-0.15, -0.1) is 0 Å². The van der Waals surface area contributed by atoms with E-state index < -0.39 is 17.9 Å². The van der Waals surface area contributed by atoms with Crippen LogP contribution in [0.2, 0.25) is 0 Å². The number of fused-ring (bicyclic) bond motifs is 1. The van der Waals surface area contributed by atoms with Crippen molar-refractivity contribution in [3.63, 3.8) is 0 Å². The molecule has 9 heteroatoms. The van der Waals surface area contributed by atoms with Gasteiger partial charge in [-0.1, -0.05) is 6.92 Å². The molecule has 0 aromatic carbocycles. The molecule has 0 radical (unpaired) electrons. The van der Waals surface area contributed by atoms with Crippen LogP contribution in [0.4, 0.5) is 5.95 Å². The molecule has 2 aromatic rings. The van der Waals surface area contributed by atoms with E-state index in [2.05, 4.69) is 9.97 Å². The number of nitrogens with one attached hydrogen (secondary N) is 1. The van der Waals surface area contributed by atoms with Gasteiger partial charge in [-0.05, 0) is 26.2 Å². The molecule has 0 amide bonds. The summed E-state index contributed by atoms with van der Waals surface area (Å²) >= 11 is 0. The number of ether oxygens (including phenoxy) is 1. The van der Waals surface area contributed by atoms with E-state index in [1.165, 1.54) is 9.13 Å². The molecule has 23 heavy (non-hydrogen) atoms. The number of nitrogen functional groups attached to an aromatic ring is 1. The van der Waals surface area contributed by atoms with Gasteiger partial charge in [0.15, 0.2) is 11.2 Å². The van der Waals surface area contributed by atoms with E-state index in [0.717, 1.165) is 0 Å². The fraction of sp³-hybridized carbons (Fsp3) is 0.643. The molecule has 3 rings (SSSR count). The van der Waals surface area contributed by atoms with E-state index in [-0.39, 0.29) is 28.9 Å². The number of rotatable bonds is 4. The van der Waals surface area contributed by atoms with Gasteiger partial charge in [0.2, 0.25) is 5.95 Å². The van der Waals surface area contributed by atoms with Crippen LogP contribution in [-0.4, -0.2) is 36.4 Å². The fourth-order valence-electron chi connectivity index (χ4n) is 3.13. The third-order valence-corrected chi connectivity index (χ3v) is 4.31. The number of imidazole rings is 1. The zero-order valence-corrected chi connectivity index (χ0v) is 13.2. The average molecular weight is 323 g/mol. The second kappa shape index (κ2) is 5.82. The van der Waals surface area contributed by atoms with Gasteiger partial charge in [0.25, 0.3) is 5.56 Å². The van der Waals surface area contributed by atoms with E-state index in [0.29, 0.717) is 25.8 Å². The Labute approximate surface area is 131 Å². The van der Waals surface area contributed by atoms with Crippen molar-refractivity contribution in [3.8, 4) is 0 Å². The Morgan fingerprint density at radius 1 is 1.43 bits per heavy atom. The average Bonchev–Trinajstić information content (AvgIpc) is 3.08. The Morgan fingerprint density at radius 2 is 2.17 bits per heavy atom. The molecule has 2 aromatic heterocycles. The maximum Gasteiger partial charge on any atom is 0.332 e. The Balaban J connectivity index is 2.14. The van der Waals surface area contributed by atoms with Gasteiger partial charge in [0, 0.05) is 6.54 Å². The van der Waals surface area contributed by atoms with E-state index in [9.17, 15) is 14.7 Å². The third-order valence-electron chi connectivity index (χ3n) is 4.31. The predicted molar refractivity (Wildman–Crippen MR) is 84.1 cm³/mol. The molecule has 1 aliphatic heterocycles. The molecule has 3 heterocycles. The van der Waals surface area contributed by atoms with E-state index in [1.54, 1.807) is 6.92 Å². The van der Waals surface area contributed by atoms with Crippen LogP contribution in [-0.2, 0) is 11.3 Å². The van der Waals surface area contributed by atoms with E-state index in [4.69, 9.17) is 10.5 Å². The number of aryl methyl sites for hydroxylation is 1. The normalized spacial score (nSPS) is 22.7. The van der Waals surface area contributed by atoms with Crippen molar-refractivity contribution in [3.05, 3.63) is 20.8 Å². The smallest absolute Gasteiger partial charge is 0.332 e. The molecule has 0 saturated carbocycles. The Hall–Kier alpha value is -2.13. The van der Waals surface area contributed by atoms with Gasteiger partial charge in [-0.3, -0.25) is 14.3 Å². The molecule has 9 nitrogen and oxygen atoms in total. The maximum atomic E-state index is 12.7. The molecular formula is C14H21N5O4. The number of anilines is 1. The summed E-state index contributed by atoms with van der Waals surface area (Å²) in [5, 5.41) is 9.94. The summed E-state index contributed by atoms with van der Waals surface area (Å²) in [5.74, 6) is -0.0485. The second-order valence-corrected chi connectivity index (χ2v) is 5.70. The van der Waals surface area contributed by atoms with Gasteiger partial charge in [-0.2, -0.15) is 4.98 Å². The van der Waals surface area contributed by atoms with Crippen molar-refractivity contribution < 1.29 is 9.84 Å². The summed E-state index contributed by atoms with van der Waals surface area (Å²) in [6.45, 7) is 3.99. The first-order valence-electron chi connectivity index (χ1n) is 7.81. The van der Waals surface area contributed by atoms with Crippen molar-refractivity contribution in [2.75, 3.05) is 5.73 Å². The van der Waals surface area contributed by atoms with Crippen LogP contribution in [0.5, 0.6) is 0 Å². The first kappa shape index (κ1) is 15.8. The minimum Gasteiger partial charge on any atom is -0.390 e. The van der Waals surface area contributed by atoms with Crippen molar-refractivity contribution in [2.45, 2.75) is 58.1 Å². The molecule has 3 unspecified atom stereocenters. The number of nitrogens with two attached hydrogens (primary N) is 1. The van der Waals surface area contributed by atoms with Crippen LogP contribution in [0, 0.1) is 0 Å². The number of aliphatic hydroxyl groups is 1. The van der Waals surface area contributed by atoms with Crippen LogP contribution >= 0.6 is 0 Å². The molecule has 1 fully saturated rings. The van der Waals surface area contributed by atoms with Crippen molar-refractivity contribution in [1.29, 1.82) is 0 Å². The van der Waals surface area contributed by atoms with Gasteiger partial charge in [0.05, 0.1) is 12.2 Å². The van der Waals surface area contributed by atoms with E-state index >= 15 is 0 Å². The predicted octanol–water partition coefficient (Wildman–Crippen LogP) is -0.0631. The SMILES string of the molecule is CCC(O)C1CCC(n2c(=O)n(CC)c3c(=O)[nH]c(N)nc32)O1. The molecule has 0 aliphatic carbocycles. The topological polar surface area (TPSA) is 128 Å². The number of H-pyrrole nitrogens is 1. The van der Waals surface area contributed by atoms with Gasteiger partial charge < -0.3 is 15.6 Å². The number of aliphatic hydroxyl groups excluding tert-OH is 1. The van der Waals surface area contributed by atoms with Crippen LogP contribution in [0.1, 0.15) is 39.3 Å². The minimum atomic E-state index is -0.573. The summed E-state index contributed by atoms with van der Waals surface area (Å²) in [5.41, 5.74) is 5.22. The minimum absolute atomic E-state index is 0.0485. The zero-order chi connectivity index (χ0) is 16.7. The number of aromatic nitrogens is 4. The quantitative estimate of drug-likeness (QED) is 0.723. The van der Waals surface area contributed by atoms with Gasteiger partial charge >= 0.3 is 5.69 Å². The van der Waals surface area contributed by atoms with Crippen LogP contribution < -0.4 is 17.0 Å². The Bertz CT molecular complexity index is 836. The lowest BCUT2D eigenvalue weighted by Gasteiger charge is -2.18. The Morgan fingerprint density at radius 3 is 2.83 bits per heavy atom. The summed E-state index contributed by atoms with van der Waals surface area (Å²) < 4.78 is 8.56. The van der Waals surface area contributed by atoms with E-state index in [1.807, 2.05) is 6.92 Å². The lowest BCUT2D eigenvalue weighted by Crippen LogP contribution is -2.30. The van der Waals surface area contributed by atoms with Crippen molar-refractivity contribution >= 4 is 17.1 Å². The third kappa shape index (κ3) is 2.45. The summed E-state index contributed by atoms with van der Waals surface area (Å²) in [7, 11) is 0. The molecule has 0 spiro atoms. The molecular weight excluding hydrogens is 302 g/mol. The molecule has 126 valence electrons. The van der Waals surface area contributed by atoms with Gasteiger partial charge in [0.1, 0.15) is 6.23 Å². The number of aromatic amines is 1. The first-order chi connectivity index (χ1) is 11.0. The lowest BCUT2D eigenvalue weighted by molar-refractivity contribution is -0.0597. The summed E-state index contributed by atoms with van der Waals surface area (Å²) in [4.78, 5) is 31.3. The zero-order valence-electron chi connectivity index (χ0n) is 13.2. The summed E-state index contributed by atoms with van der Waals surface area (Å²) in [6.07, 6.45) is 0.335. The molecule has 1 saturated heterocycles. The van der Waals surface area contributed by atoms with Crippen LogP contribution in [0.25, 0.3) is 11.2 Å². The highest BCUT2D eigenvalue weighted by Crippen LogP contribution is 2.31. The molecule has 3 atom stereocenters. The fourth-order valence-corrected chi connectivity index (χ4v) is 3.13. The standard InChI is InChI=1S/C14H21N5O4/c1-3-7(20)8-5-6-9(23-8)19-11-10(18(4-2)14(19)22)12(21)17-13(15)16-11/h7-9,20H,3-6H2,1-2H3,(H3,15,16,17,21). The molecule has 1 aliphatic rings. The van der Waals surface area contributed by atoms with Crippen molar-refractivity contribution in [1.82, 2.24) is 19.1 Å². The largest absolute Gasteiger partial charge is 0.390 e. The summed E-state index contributed by atoms with van der Waals surface area (Å²) in [6, 6.07) is 0. The second-order valence-electron chi connectivity index (χ2n) is 5.70. The van der Waals surface area contributed by atoms with Gasteiger partial charge in [-0.25, -0.2) is 9.36 Å². The highest BCUT2D eigenvalue weighted by atomic mass is 16.5. The highest BCUT2D eigenvalue weighted by molar-refractivity contribution is 5.71. The Kier molecular flexibility index (Phi) is 3.99. The van der Waals surface area contributed by atoms with Crippen LogP contribution in [0.15, 0.2) is 9.59 Å². The maximum absolute atomic E-state index is 12.7. The number of nitrogens with zero attached hydrogens (tertiary/aromatic N) is 3. The molecule has 0 bridgehead atoms. The highest BCUT2D eigenvalue weighted by Gasteiger charge is 2.34. The number of hydrogen-bond donors (Lipinski definition) is 3. The lowest BCUT2D eigenvalue weighted by atomic mass is 10.1. The number of hydrogen-bond acceptors (Lipinski definition) is 6.